The van der Waals surface area contributed by atoms with Gasteiger partial charge >= 0.3 is 0 Å². The van der Waals surface area contributed by atoms with Gasteiger partial charge in [0.15, 0.2) is 0 Å². The van der Waals surface area contributed by atoms with Gasteiger partial charge in [-0.25, -0.2) is 0 Å². The van der Waals surface area contributed by atoms with Crippen LogP contribution < -0.4 is 5.32 Å². The van der Waals surface area contributed by atoms with E-state index in [-0.39, 0.29) is 17.9 Å². The molecule has 0 aromatic heterocycles. The van der Waals surface area contributed by atoms with Crippen LogP contribution in [0.2, 0.25) is 0 Å². The second kappa shape index (κ2) is 7.86. The molecule has 23 heavy (non-hydrogen) atoms. The van der Waals surface area contributed by atoms with Crippen molar-refractivity contribution < 1.29 is 9.59 Å². The van der Waals surface area contributed by atoms with Crippen LogP contribution in [0.25, 0.3) is 0 Å². The summed E-state index contributed by atoms with van der Waals surface area (Å²) in [5, 5.41) is 3.09. The lowest BCUT2D eigenvalue weighted by atomic mass is 9.80. The monoisotopic (exact) mass is 334 g/mol. The zero-order valence-corrected chi connectivity index (χ0v) is 15.0. The van der Waals surface area contributed by atoms with Crippen molar-refractivity contribution in [3.05, 3.63) is 35.9 Å². The van der Waals surface area contributed by atoms with Crippen molar-refractivity contribution in [2.45, 2.75) is 32.7 Å². The minimum atomic E-state index is -0.505. The minimum Gasteiger partial charge on any atom is -0.352 e. The van der Waals surface area contributed by atoms with E-state index in [1.54, 1.807) is 11.8 Å². The van der Waals surface area contributed by atoms with Crippen LogP contribution in [-0.4, -0.2) is 47.9 Å². The molecule has 1 aliphatic heterocycles. The molecule has 0 spiro atoms. The van der Waals surface area contributed by atoms with Crippen LogP contribution in [0.5, 0.6) is 0 Å². The molecule has 1 saturated heterocycles. The van der Waals surface area contributed by atoms with Crippen molar-refractivity contribution in [3.8, 4) is 0 Å². The van der Waals surface area contributed by atoms with Crippen LogP contribution in [-0.2, 0) is 4.79 Å². The minimum absolute atomic E-state index is 0.0153. The summed E-state index contributed by atoms with van der Waals surface area (Å²) in [4.78, 5) is 27.1. The molecule has 2 atom stereocenters. The van der Waals surface area contributed by atoms with E-state index in [0.717, 1.165) is 25.1 Å². The standard InChI is InChI=1S/C18H26N2O2S/c1-14(12-23-3)19-17(22)18(2)10-7-11-20(13-18)16(21)15-8-5-4-6-9-15/h4-6,8-9,14H,7,10-13H2,1-3H3,(H,19,22)/t14-,18-/m1/s1. The Morgan fingerprint density at radius 1 is 1.35 bits per heavy atom. The Labute approximate surface area is 143 Å². The Balaban J connectivity index is 2.04. The Morgan fingerprint density at radius 3 is 2.70 bits per heavy atom. The normalized spacial score (nSPS) is 22.5. The van der Waals surface area contributed by atoms with Crippen LogP contribution in [0.4, 0.5) is 0 Å². The van der Waals surface area contributed by atoms with Gasteiger partial charge in [-0.1, -0.05) is 18.2 Å². The maximum absolute atomic E-state index is 12.7. The highest BCUT2D eigenvalue weighted by Crippen LogP contribution is 2.30. The third-order valence-electron chi connectivity index (χ3n) is 4.35. The van der Waals surface area contributed by atoms with Gasteiger partial charge in [0.1, 0.15) is 0 Å². The second-order valence-corrected chi connectivity index (χ2v) is 7.50. The van der Waals surface area contributed by atoms with Gasteiger partial charge in [0.25, 0.3) is 5.91 Å². The first-order valence-corrected chi connectivity index (χ1v) is 9.50. The average Bonchev–Trinajstić information content (AvgIpc) is 2.55. The highest BCUT2D eigenvalue weighted by Gasteiger charge is 2.39. The van der Waals surface area contributed by atoms with E-state index >= 15 is 0 Å². The van der Waals surface area contributed by atoms with E-state index in [9.17, 15) is 9.59 Å². The van der Waals surface area contributed by atoms with Crippen LogP contribution in [0.15, 0.2) is 30.3 Å². The predicted molar refractivity (Wildman–Crippen MR) is 95.7 cm³/mol. The lowest BCUT2D eigenvalue weighted by Crippen LogP contribution is -2.53. The summed E-state index contributed by atoms with van der Waals surface area (Å²) in [6, 6.07) is 9.44. The van der Waals surface area contributed by atoms with Crippen molar-refractivity contribution in [1.29, 1.82) is 0 Å². The molecule has 4 nitrogen and oxygen atoms in total. The molecule has 0 bridgehead atoms. The molecule has 1 aliphatic rings. The number of carbonyl (C=O) groups excluding carboxylic acids is 2. The number of benzene rings is 1. The number of hydrogen-bond acceptors (Lipinski definition) is 3. The number of likely N-dealkylation sites (tertiary alicyclic amines) is 1. The molecule has 5 heteroatoms. The van der Waals surface area contributed by atoms with Gasteiger partial charge in [0.05, 0.1) is 5.41 Å². The number of carbonyl (C=O) groups is 2. The van der Waals surface area contributed by atoms with Crippen molar-refractivity contribution in [2.75, 3.05) is 25.1 Å². The third kappa shape index (κ3) is 4.50. The number of hydrogen-bond donors (Lipinski definition) is 1. The summed E-state index contributed by atoms with van der Waals surface area (Å²) in [6.07, 6.45) is 3.72. The smallest absolute Gasteiger partial charge is 0.253 e. The fourth-order valence-corrected chi connectivity index (χ4v) is 3.63. The number of nitrogens with one attached hydrogen (secondary N) is 1. The highest BCUT2D eigenvalue weighted by molar-refractivity contribution is 7.98. The summed E-state index contributed by atoms with van der Waals surface area (Å²) < 4.78 is 0. The fraction of sp³-hybridized carbons (Fsp3) is 0.556. The van der Waals surface area contributed by atoms with Crippen LogP contribution in [0.3, 0.4) is 0 Å². The molecule has 1 aromatic rings. The van der Waals surface area contributed by atoms with E-state index in [4.69, 9.17) is 0 Å². The zero-order valence-electron chi connectivity index (χ0n) is 14.2. The number of thioether (sulfide) groups is 1. The number of nitrogens with zero attached hydrogens (tertiary/aromatic N) is 1. The maximum atomic E-state index is 12.7. The summed E-state index contributed by atoms with van der Waals surface area (Å²) in [6.45, 7) is 5.20. The van der Waals surface area contributed by atoms with E-state index < -0.39 is 5.41 Å². The van der Waals surface area contributed by atoms with E-state index in [1.807, 2.05) is 55.3 Å². The molecule has 2 amide bonds. The number of amides is 2. The third-order valence-corrected chi connectivity index (χ3v) is 5.18. The quantitative estimate of drug-likeness (QED) is 0.901. The second-order valence-electron chi connectivity index (χ2n) is 6.59. The van der Waals surface area contributed by atoms with Gasteiger partial charge in [0, 0.05) is 30.4 Å². The highest BCUT2D eigenvalue weighted by atomic mass is 32.2. The van der Waals surface area contributed by atoms with Gasteiger partial charge in [0.2, 0.25) is 5.91 Å². The molecule has 1 heterocycles. The molecule has 0 saturated carbocycles. The van der Waals surface area contributed by atoms with Gasteiger partial charge in [-0.3, -0.25) is 9.59 Å². The molecule has 1 N–H and O–H groups in total. The van der Waals surface area contributed by atoms with Crippen molar-refractivity contribution in [1.82, 2.24) is 10.2 Å². The average molecular weight is 334 g/mol. The molecule has 0 aliphatic carbocycles. The van der Waals surface area contributed by atoms with Crippen molar-refractivity contribution in [2.24, 2.45) is 5.41 Å². The van der Waals surface area contributed by atoms with E-state index in [0.29, 0.717) is 12.1 Å². The molecule has 1 fully saturated rings. The van der Waals surface area contributed by atoms with Crippen LogP contribution in [0.1, 0.15) is 37.0 Å². The summed E-state index contributed by atoms with van der Waals surface area (Å²) in [5.74, 6) is 0.972. The topological polar surface area (TPSA) is 49.4 Å². The zero-order chi connectivity index (χ0) is 16.9. The largest absolute Gasteiger partial charge is 0.352 e. The molecule has 1 aromatic carbocycles. The number of piperidine rings is 1. The summed E-state index contributed by atoms with van der Waals surface area (Å²) >= 11 is 1.72. The predicted octanol–water partition coefficient (Wildman–Crippen LogP) is 2.80. The molecule has 126 valence electrons. The van der Waals surface area contributed by atoms with Gasteiger partial charge in [-0.05, 0) is 45.1 Å². The molecule has 0 radical (unpaired) electrons. The first kappa shape index (κ1) is 17.9. The summed E-state index contributed by atoms with van der Waals surface area (Å²) in [5.41, 5.74) is 0.183. The van der Waals surface area contributed by atoms with Gasteiger partial charge in [-0.15, -0.1) is 0 Å². The SMILES string of the molecule is CSC[C@@H](C)NC(=O)[C@]1(C)CCCN(C(=O)c2ccccc2)C1. The molecular weight excluding hydrogens is 308 g/mol. The van der Waals surface area contributed by atoms with E-state index in [1.165, 1.54) is 0 Å². The molecule has 0 unspecified atom stereocenters. The lowest BCUT2D eigenvalue weighted by molar-refractivity contribution is -0.133. The number of rotatable bonds is 5. The van der Waals surface area contributed by atoms with Crippen molar-refractivity contribution in [3.63, 3.8) is 0 Å². The Hall–Kier alpha value is -1.49. The van der Waals surface area contributed by atoms with Crippen molar-refractivity contribution >= 4 is 23.6 Å². The summed E-state index contributed by atoms with van der Waals surface area (Å²) in [7, 11) is 0. The first-order chi connectivity index (χ1) is 11.0. The van der Waals surface area contributed by atoms with Gasteiger partial charge in [-0.2, -0.15) is 11.8 Å². The van der Waals surface area contributed by atoms with Gasteiger partial charge < -0.3 is 10.2 Å². The lowest BCUT2D eigenvalue weighted by Gasteiger charge is -2.40. The molecular formula is C18H26N2O2S. The first-order valence-electron chi connectivity index (χ1n) is 8.10. The van der Waals surface area contributed by atoms with Crippen LogP contribution >= 0.6 is 11.8 Å². The Bertz CT molecular complexity index is 549. The Kier molecular flexibility index (Phi) is 6.10. The maximum Gasteiger partial charge on any atom is 0.253 e. The Morgan fingerprint density at radius 2 is 2.04 bits per heavy atom. The van der Waals surface area contributed by atoms with Crippen LogP contribution in [0, 0.1) is 5.41 Å². The fourth-order valence-electron chi connectivity index (χ4n) is 3.05. The van der Waals surface area contributed by atoms with E-state index in [2.05, 4.69) is 5.32 Å². The molecule has 2 rings (SSSR count).